The number of hydrogen-bond acceptors (Lipinski definition) is 2. The SMILES string of the molecule is Clc1cc(Cl)cc(CCc2cccc(-c3nc4nc(Cl)ccc4[nH]3)c2)c1. The van der Waals surface area contributed by atoms with Gasteiger partial charge in [-0.15, -0.1) is 0 Å². The number of pyridine rings is 1. The molecule has 0 unspecified atom stereocenters. The number of benzene rings is 2. The van der Waals surface area contributed by atoms with Crippen LogP contribution in [0, 0.1) is 0 Å². The molecule has 0 aliphatic heterocycles. The smallest absolute Gasteiger partial charge is 0.179 e. The van der Waals surface area contributed by atoms with Crippen LogP contribution >= 0.6 is 34.8 Å². The highest BCUT2D eigenvalue weighted by Crippen LogP contribution is 2.23. The highest BCUT2D eigenvalue weighted by Gasteiger charge is 2.08. The Hall–Kier alpha value is -2.07. The standard InChI is InChI=1S/C20H14Cl3N3/c21-15-9-13(10-16(22)11-15)5-4-12-2-1-3-14(8-12)19-24-17-6-7-18(23)25-20(17)26-19/h1-3,6-11H,4-5H2,(H,24,25,26). The van der Waals surface area contributed by atoms with E-state index in [1.54, 1.807) is 12.1 Å². The number of H-pyrrole nitrogens is 1. The number of nitrogens with zero attached hydrogens (tertiary/aromatic N) is 2. The quantitative estimate of drug-likeness (QED) is 0.403. The summed E-state index contributed by atoms with van der Waals surface area (Å²) in [5.41, 5.74) is 4.83. The minimum absolute atomic E-state index is 0.435. The fraction of sp³-hybridized carbons (Fsp3) is 0.100. The van der Waals surface area contributed by atoms with Crippen LogP contribution in [0.25, 0.3) is 22.6 Å². The Balaban J connectivity index is 1.57. The van der Waals surface area contributed by atoms with Gasteiger partial charge in [0, 0.05) is 15.6 Å². The van der Waals surface area contributed by atoms with Crippen molar-refractivity contribution in [1.29, 1.82) is 0 Å². The topological polar surface area (TPSA) is 41.6 Å². The zero-order chi connectivity index (χ0) is 18.1. The number of halogens is 3. The zero-order valence-electron chi connectivity index (χ0n) is 13.6. The average molecular weight is 403 g/mol. The molecule has 0 saturated carbocycles. The number of aromatic nitrogens is 3. The van der Waals surface area contributed by atoms with E-state index in [1.807, 2.05) is 30.3 Å². The molecule has 2 aromatic carbocycles. The maximum absolute atomic E-state index is 6.07. The van der Waals surface area contributed by atoms with Crippen molar-refractivity contribution in [1.82, 2.24) is 15.0 Å². The summed E-state index contributed by atoms with van der Waals surface area (Å²) in [5.74, 6) is 0.780. The van der Waals surface area contributed by atoms with Gasteiger partial charge in [-0.25, -0.2) is 9.97 Å². The highest BCUT2D eigenvalue weighted by molar-refractivity contribution is 6.34. The summed E-state index contributed by atoms with van der Waals surface area (Å²) in [6.07, 6.45) is 1.75. The van der Waals surface area contributed by atoms with Crippen molar-refractivity contribution in [3.8, 4) is 11.4 Å². The molecule has 0 spiro atoms. The number of nitrogens with one attached hydrogen (secondary N) is 1. The number of aryl methyl sites for hydroxylation is 2. The van der Waals surface area contributed by atoms with Gasteiger partial charge in [0.05, 0.1) is 5.52 Å². The van der Waals surface area contributed by atoms with Crippen molar-refractivity contribution in [2.75, 3.05) is 0 Å². The molecule has 0 saturated heterocycles. The van der Waals surface area contributed by atoms with E-state index in [0.717, 1.165) is 35.3 Å². The number of imidazole rings is 1. The van der Waals surface area contributed by atoms with E-state index >= 15 is 0 Å². The molecule has 0 fully saturated rings. The molecule has 0 amide bonds. The second kappa shape index (κ2) is 7.28. The Morgan fingerprint density at radius 3 is 2.35 bits per heavy atom. The normalized spacial score (nSPS) is 11.2. The minimum Gasteiger partial charge on any atom is -0.337 e. The van der Waals surface area contributed by atoms with Crippen molar-refractivity contribution in [3.05, 3.63) is 80.9 Å². The van der Waals surface area contributed by atoms with Gasteiger partial charge in [0.15, 0.2) is 5.65 Å². The third kappa shape index (κ3) is 3.85. The average Bonchev–Trinajstić information content (AvgIpc) is 3.03. The van der Waals surface area contributed by atoms with Gasteiger partial charge in [0.25, 0.3) is 0 Å². The molecule has 3 nitrogen and oxygen atoms in total. The Bertz CT molecular complexity index is 1070. The van der Waals surface area contributed by atoms with E-state index in [9.17, 15) is 0 Å². The van der Waals surface area contributed by atoms with Crippen LogP contribution in [-0.4, -0.2) is 15.0 Å². The maximum Gasteiger partial charge on any atom is 0.179 e. The second-order valence-electron chi connectivity index (χ2n) is 6.07. The molecule has 26 heavy (non-hydrogen) atoms. The van der Waals surface area contributed by atoms with Crippen molar-refractivity contribution >= 4 is 46.0 Å². The van der Waals surface area contributed by atoms with Gasteiger partial charge in [0.1, 0.15) is 11.0 Å². The maximum atomic E-state index is 6.07. The van der Waals surface area contributed by atoms with Gasteiger partial charge in [-0.2, -0.15) is 0 Å². The molecule has 0 aliphatic rings. The van der Waals surface area contributed by atoms with E-state index in [-0.39, 0.29) is 0 Å². The fourth-order valence-corrected chi connectivity index (χ4v) is 3.64. The first-order valence-electron chi connectivity index (χ1n) is 8.13. The Morgan fingerprint density at radius 2 is 1.54 bits per heavy atom. The Kier molecular flexibility index (Phi) is 4.86. The summed E-state index contributed by atoms with van der Waals surface area (Å²) in [6.45, 7) is 0. The van der Waals surface area contributed by atoms with Crippen LogP contribution in [-0.2, 0) is 12.8 Å². The number of aromatic amines is 1. The van der Waals surface area contributed by atoms with Gasteiger partial charge in [-0.1, -0.05) is 53.0 Å². The molecule has 0 radical (unpaired) electrons. The zero-order valence-corrected chi connectivity index (χ0v) is 15.9. The van der Waals surface area contributed by atoms with Crippen LogP contribution < -0.4 is 0 Å². The monoisotopic (exact) mass is 401 g/mol. The molecule has 2 heterocycles. The Morgan fingerprint density at radius 1 is 0.769 bits per heavy atom. The largest absolute Gasteiger partial charge is 0.337 e. The molecule has 1 N–H and O–H groups in total. The minimum atomic E-state index is 0.435. The first-order chi connectivity index (χ1) is 12.6. The van der Waals surface area contributed by atoms with Gasteiger partial charge in [0.2, 0.25) is 0 Å². The molecule has 6 heteroatoms. The predicted octanol–water partition coefficient (Wildman–Crippen LogP) is 6.37. The number of hydrogen-bond donors (Lipinski definition) is 1. The van der Waals surface area contributed by atoms with Crippen molar-refractivity contribution in [2.45, 2.75) is 12.8 Å². The number of fused-ring (bicyclic) bond motifs is 1. The van der Waals surface area contributed by atoms with E-state index in [2.05, 4.69) is 27.1 Å². The lowest BCUT2D eigenvalue weighted by molar-refractivity contribution is 0.960. The molecular weight excluding hydrogens is 389 g/mol. The highest BCUT2D eigenvalue weighted by atomic mass is 35.5. The summed E-state index contributed by atoms with van der Waals surface area (Å²) in [4.78, 5) is 12.1. The van der Waals surface area contributed by atoms with Crippen molar-refractivity contribution in [2.24, 2.45) is 0 Å². The van der Waals surface area contributed by atoms with E-state index < -0.39 is 0 Å². The molecular formula is C20H14Cl3N3. The molecule has 0 aliphatic carbocycles. The number of rotatable bonds is 4. The molecule has 0 bridgehead atoms. The van der Waals surface area contributed by atoms with E-state index in [0.29, 0.717) is 20.8 Å². The lowest BCUT2D eigenvalue weighted by Gasteiger charge is -2.05. The molecule has 4 rings (SSSR count). The van der Waals surface area contributed by atoms with Gasteiger partial charge < -0.3 is 4.98 Å². The van der Waals surface area contributed by atoms with Crippen LogP contribution in [0.15, 0.2) is 54.6 Å². The van der Waals surface area contributed by atoms with Crippen molar-refractivity contribution < 1.29 is 0 Å². The lowest BCUT2D eigenvalue weighted by atomic mass is 10.0. The third-order valence-corrected chi connectivity index (χ3v) is 4.78. The summed E-state index contributed by atoms with van der Waals surface area (Å²) in [5, 5.41) is 1.76. The molecule has 2 aromatic heterocycles. The van der Waals surface area contributed by atoms with Crippen LogP contribution in [0.2, 0.25) is 15.2 Å². The van der Waals surface area contributed by atoms with Crippen LogP contribution in [0.4, 0.5) is 0 Å². The van der Waals surface area contributed by atoms with Crippen LogP contribution in [0.3, 0.4) is 0 Å². The van der Waals surface area contributed by atoms with E-state index in [4.69, 9.17) is 34.8 Å². The summed E-state index contributed by atoms with van der Waals surface area (Å²) >= 11 is 18.1. The molecule has 4 aromatic rings. The Labute approximate surface area is 166 Å². The first kappa shape index (κ1) is 17.3. The lowest BCUT2D eigenvalue weighted by Crippen LogP contribution is -1.92. The fourth-order valence-electron chi connectivity index (χ4n) is 2.92. The van der Waals surface area contributed by atoms with Gasteiger partial charge in [-0.05, 0) is 60.4 Å². The summed E-state index contributed by atoms with van der Waals surface area (Å²) < 4.78 is 0. The molecule has 130 valence electrons. The van der Waals surface area contributed by atoms with Gasteiger partial charge >= 0.3 is 0 Å². The molecule has 0 atom stereocenters. The predicted molar refractivity (Wildman–Crippen MR) is 108 cm³/mol. The van der Waals surface area contributed by atoms with Gasteiger partial charge in [-0.3, -0.25) is 0 Å². The van der Waals surface area contributed by atoms with Crippen molar-refractivity contribution in [3.63, 3.8) is 0 Å². The third-order valence-electron chi connectivity index (χ3n) is 4.14. The van der Waals surface area contributed by atoms with E-state index in [1.165, 1.54) is 5.56 Å². The first-order valence-corrected chi connectivity index (χ1v) is 9.27. The summed E-state index contributed by atoms with van der Waals surface area (Å²) in [6, 6.07) is 17.6. The second-order valence-corrected chi connectivity index (χ2v) is 7.33. The van der Waals surface area contributed by atoms with Crippen LogP contribution in [0.5, 0.6) is 0 Å². The van der Waals surface area contributed by atoms with Crippen LogP contribution in [0.1, 0.15) is 11.1 Å². The summed E-state index contributed by atoms with van der Waals surface area (Å²) in [7, 11) is 0.